The van der Waals surface area contributed by atoms with Gasteiger partial charge in [0.15, 0.2) is 0 Å². The van der Waals surface area contributed by atoms with Gasteiger partial charge in [-0.1, -0.05) is 15.9 Å². The van der Waals surface area contributed by atoms with Crippen LogP contribution >= 0.6 is 27.3 Å². The van der Waals surface area contributed by atoms with Crippen LogP contribution in [-0.2, 0) is 11.3 Å². The normalized spacial score (nSPS) is 10.3. The molecule has 0 saturated carbocycles. The van der Waals surface area contributed by atoms with E-state index in [1.165, 1.54) is 0 Å². The van der Waals surface area contributed by atoms with Crippen LogP contribution in [0.5, 0.6) is 0 Å². The summed E-state index contributed by atoms with van der Waals surface area (Å²) in [6.07, 6.45) is 2.61. The Bertz CT molecular complexity index is 314. The molecule has 1 rings (SSSR count). The van der Waals surface area contributed by atoms with Gasteiger partial charge in [0.2, 0.25) is 5.91 Å². The number of nitrogens with one attached hydrogen (secondary N) is 1. The van der Waals surface area contributed by atoms with E-state index in [0.29, 0.717) is 13.0 Å². The smallest absolute Gasteiger partial charge is 0.220 e. The molecule has 0 radical (unpaired) electrons. The predicted octanol–water partition coefficient (Wildman–Crippen LogP) is 2.63. The summed E-state index contributed by atoms with van der Waals surface area (Å²) < 4.78 is 0. The number of nitrogens with zero attached hydrogens (tertiary/aromatic N) is 1. The van der Waals surface area contributed by atoms with Crippen LogP contribution < -0.4 is 5.32 Å². The van der Waals surface area contributed by atoms with E-state index in [1.54, 1.807) is 11.3 Å². The van der Waals surface area contributed by atoms with E-state index in [0.717, 1.165) is 28.7 Å². The Balaban J connectivity index is 2.20. The molecule has 1 aromatic rings. The number of alkyl halides is 1. The third-order valence-corrected chi connectivity index (χ3v) is 3.57. The van der Waals surface area contributed by atoms with Gasteiger partial charge in [0.05, 0.1) is 17.7 Å². The highest BCUT2D eigenvalue weighted by Crippen LogP contribution is 2.11. The number of hydrogen-bond donors (Lipinski definition) is 1. The van der Waals surface area contributed by atoms with Gasteiger partial charge in [-0.15, -0.1) is 11.3 Å². The van der Waals surface area contributed by atoms with E-state index in [9.17, 15) is 4.79 Å². The van der Waals surface area contributed by atoms with Gasteiger partial charge in [0.25, 0.3) is 0 Å². The van der Waals surface area contributed by atoms with Crippen molar-refractivity contribution in [2.24, 2.45) is 0 Å². The third kappa shape index (κ3) is 4.75. The number of carbonyl (C=O) groups is 1. The van der Waals surface area contributed by atoms with Gasteiger partial charge >= 0.3 is 0 Å². The Morgan fingerprint density at radius 2 is 2.40 bits per heavy atom. The van der Waals surface area contributed by atoms with Crippen molar-refractivity contribution >= 4 is 33.2 Å². The maximum absolute atomic E-state index is 11.4. The van der Waals surface area contributed by atoms with Crippen molar-refractivity contribution in [1.82, 2.24) is 10.3 Å². The summed E-state index contributed by atoms with van der Waals surface area (Å²) in [5, 5.41) is 3.87. The fraction of sp³-hybridized carbons (Fsp3) is 0.600. The molecule has 1 heterocycles. The number of unbranched alkanes of at least 4 members (excludes halogenated alkanes) is 1. The number of thiazole rings is 1. The van der Waals surface area contributed by atoms with Crippen molar-refractivity contribution in [3.8, 4) is 0 Å². The summed E-state index contributed by atoms with van der Waals surface area (Å²) in [4.78, 5) is 16.7. The van der Waals surface area contributed by atoms with E-state index in [4.69, 9.17) is 0 Å². The van der Waals surface area contributed by atoms with Crippen molar-refractivity contribution in [3.63, 3.8) is 0 Å². The predicted molar refractivity (Wildman–Crippen MR) is 66.3 cm³/mol. The molecule has 0 aliphatic rings. The lowest BCUT2D eigenvalue weighted by Gasteiger charge is -2.03. The molecule has 0 aliphatic heterocycles. The zero-order valence-corrected chi connectivity index (χ0v) is 11.2. The van der Waals surface area contributed by atoms with Crippen molar-refractivity contribution in [1.29, 1.82) is 0 Å². The van der Waals surface area contributed by atoms with E-state index >= 15 is 0 Å². The Morgan fingerprint density at radius 3 is 3.00 bits per heavy atom. The molecule has 84 valence electrons. The minimum atomic E-state index is 0.128. The first-order valence-corrected chi connectivity index (χ1v) is 6.95. The number of hydrogen-bond acceptors (Lipinski definition) is 3. The summed E-state index contributed by atoms with van der Waals surface area (Å²) in [6, 6.07) is 0. The highest BCUT2D eigenvalue weighted by Gasteiger charge is 2.04. The fourth-order valence-electron chi connectivity index (χ4n) is 1.14. The highest BCUT2D eigenvalue weighted by atomic mass is 79.9. The lowest BCUT2D eigenvalue weighted by atomic mass is 10.2. The lowest BCUT2D eigenvalue weighted by molar-refractivity contribution is -0.121. The third-order valence-electron chi connectivity index (χ3n) is 2.08. The summed E-state index contributed by atoms with van der Waals surface area (Å²) in [5.41, 5.74) is 2.82. The molecule has 0 fully saturated rings. The van der Waals surface area contributed by atoms with E-state index in [1.807, 2.05) is 12.4 Å². The fourth-order valence-corrected chi connectivity index (χ4v) is 2.26. The molecule has 1 N–H and O–H groups in total. The van der Waals surface area contributed by atoms with Crippen LogP contribution in [0.15, 0.2) is 5.51 Å². The molecule has 0 aliphatic carbocycles. The number of halogens is 1. The second-order valence-corrected chi connectivity index (χ2v) is 5.02. The Hall–Kier alpha value is -0.420. The van der Waals surface area contributed by atoms with Crippen molar-refractivity contribution in [3.05, 3.63) is 16.1 Å². The molecule has 0 saturated heterocycles. The van der Waals surface area contributed by atoms with Crippen LogP contribution in [0.1, 0.15) is 29.8 Å². The molecule has 1 amide bonds. The highest BCUT2D eigenvalue weighted by molar-refractivity contribution is 9.09. The maximum atomic E-state index is 11.4. The van der Waals surface area contributed by atoms with Gasteiger partial charge in [0, 0.05) is 16.6 Å². The van der Waals surface area contributed by atoms with Gasteiger partial charge in [-0.3, -0.25) is 4.79 Å². The first-order valence-electron chi connectivity index (χ1n) is 4.95. The Labute approximate surface area is 102 Å². The molecular weight excluding hydrogens is 276 g/mol. The summed E-state index contributed by atoms with van der Waals surface area (Å²) in [5.74, 6) is 0.128. The molecule has 0 unspecified atom stereocenters. The maximum Gasteiger partial charge on any atom is 0.220 e. The summed E-state index contributed by atoms with van der Waals surface area (Å²) in [6.45, 7) is 2.58. The average Bonchev–Trinajstić information content (AvgIpc) is 2.61. The molecule has 5 heteroatoms. The standard InChI is InChI=1S/C10H15BrN2OS/c1-8-9(15-7-13-8)6-12-10(14)4-2-3-5-11/h7H,2-6H2,1H3,(H,12,14). The second kappa shape index (κ2) is 6.95. The quantitative estimate of drug-likeness (QED) is 0.646. The zero-order valence-electron chi connectivity index (χ0n) is 8.75. The monoisotopic (exact) mass is 290 g/mol. The molecule has 0 bridgehead atoms. The average molecular weight is 291 g/mol. The SMILES string of the molecule is Cc1ncsc1CNC(=O)CCCCBr. The zero-order chi connectivity index (χ0) is 11.1. The number of aromatic nitrogens is 1. The molecule has 1 aromatic heterocycles. The van der Waals surface area contributed by atoms with Gasteiger partial charge in [-0.25, -0.2) is 4.98 Å². The lowest BCUT2D eigenvalue weighted by Crippen LogP contribution is -2.22. The molecule has 3 nitrogen and oxygen atoms in total. The molecule has 0 spiro atoms. The first-order chi connectivity index (χ1) is 7.24. The number of carbonyl (C=O) groups excluding carboxylic acids is 1. The number of rotatable bonds is 6. The topological polar surface area (TPSA) is 42.0 Å². The molecule has 0 aromatic carbocycles. The van der Waals surface area contributed by atoms with E-state index in [2.05, 4.69) is 26.2 Å². The van der Waals surface area contributed by atoms with Crippen molar-refractivity contribution < 1.29 is 4.79 Å². The number of amides is 1. The van der Waals surface area contributed by atoms with Crippen LogP contribution in [0, 0.1) is 6.92 Å². The second-order valence-electron chi connectivity index (χ2n) is 3.28. The Kier molecular flexibility index (Phi) is 5.86. The van der Waals surface area contributed by atoms with Gasteiger partial charge < -0.3 is 5.32 Å². The molecule has 0 atom stereocenters. The van der Waals surface area contributed by atoms with E-state index in [-0.39, 0.29) is 5.91 Å². The minimum Gasteiger partial charge on any atom is -0.351 e. The van der Waals surface area contributed by atoms with Crippen molar-refractivity contribution in [2.75, 3.05) is 5.33 Å². The van der Waals surface area contributed by atoms with Crippen LogP contribution in [0.3, 0.4) is 0 Å². The van der Waals surface area contributed by atoms with E-state index < -0.39 is 0 Å². The minimum absolute atomic E-state index is 0.128. The summed E-state index contributed by atoms with van der Waals surface area (Å²) in [7, 11) is 0. The van der Waals surface area contributed by atoms with Gasteiger partial charge in [-0.05, 0) is 19.8 Å². The Morgan fingerprint density at radius 1 is 1.60 bits per heavy atom. The first kappa shape index (κ1) is 12.6. The van der Waals surface area contributed by atoms with Crippen LogP contribution in [0.2, 0.25) is 0 Å². The molecular formula is C10H15BrN2OS. The molecule has 15 heavy (non-hydrogen) atoms. The van der Waals surface area contributed by atoms with Gasteiger partial charge in [0.1, 0.15) is 0 Å². The van der Waals surface area contributed by atoms with Crippen molar-refractivity contribution in [2.45, 2.75) is 32.7 Å². The van der Waals surface area contributed by atoms with Crippen LogP contribution in [0.4, 0.5) is 0 Å². The number of aryl methyl sites for hydroxylation is 1. The van der Waals surface area contributed by atoms with Crippen LogP contribution in [0.25, 0.3) is 0 Å². The largest absolute Gasteiger partial charge is 0.351 e. The summed E-state index contributed by atoms with van der Waals surface area (Å²) >= 11 is 4.93. The van der Waals surface area contributed by atoms with Crippen LogP contribution in [-0.4, -0.2) is 16.2 Å². The van der Waals surface area contributed by atoms with Gasteiger partial charge in [-0.2, -0.15) is 0 Å².